The fourth-order valence-electron chi connectivity index (χ4n) is 6.77. The van der Waals surface area contributed by atoms with Gasteiger partial charge in [-0.3, -0.25) is 0 Å². The van der Waals surface area contributed by atoms with E-state index in [4.69, 9.17) is 19.3 Å². The van der Waals surface area contributed by atoms with Crippen LogP contribution in [-0.4, -0.2) is 144 Å². The molecule has 0 aromatic heterocycles. The van der Waals surface area contributed by atoms with Gasteiger partial charge in [0.25, 0.3) is 0 Å². The van der Waals surface area contributed by atoms with Crippen LogP contribution in [0.15, 0.2) is 46.6 Å². The lowest BCUT2D eigenvalue weighted by Gasteiger charge is -2.41. The molecule has 0 spiro atoms. The zero-order chi connectivity index (χ0) is 41.6. The van der Waals surface area contributed by atoms with E-state index in [1.807, 2.05) is 19.9 Å². The fraction of sp³-hybridized carbons (Fsp3) is 0.775. The molecule has 0 bridgehead atoms. The van der Waals surface area contributed by atoms with Gasteiger partial charge in [-0.15, -0.1) is 0 Å². The van der Waals surface area contributed by atoms with Crippen molar-refractivity contribution in [3.63, 3.8) is 0 Å². The molecule has 14 heteroatoms. The number of carbonyl (C=O) groups excluding carboxylic acids is 1. The van der Waals surface area contributed by atoms with E-state index in [9.17, 15) is 50.8 Å². The first kappa shape index (κ1) is 50.0. The minimum Gasteiger partial charge on any atom is -0.454 e. The quantitative estimate of drug-likeness (QED) is 0.0423. The molecule has 16 atom stereocenters. The van der Waals surface area contributed by atoms with Gasteiger partial charge < -0.3 is 65.3 Å². The molecule has 0 saturated carbocycles. The summed E-state index contributed by atoms with van der Waals surface area (Å²) >= 11 is 0. The molecule has 1 aliphatic rings. The molecule has 10 N–H and O–H groups in total. The molecule has 14 nitrogen and oxygen atoms in total. The van der Waals surface area contributed by atoms with Gasteiger partial charge in [0.15, 0.2) is 12.4 Å². The molecule has 0 aliphatic carbocycles. The fourth-order valence-corrected chi connectivity index (χ4v) is 6.77. The van der Waals surface area contributed by atoms with Crippen LogP contribution in [0.1, 0.15) is 82.1 Å². The van der Waals surface area contributed by atoms with Crippen molar-refractivity contribution < 1.29 is 70.1 Å². The van der Waals surface area contributed by atoms with Crippen molar-refractivity contribution in [2.24, 2.45) is 29.6 Å². The van der Waals surface area contributed by atoms with Crippen LogP contribution < -0.4 is 0 Å². The van der Waals surface area contributed by atoms with E-state index in [2.05, 4.69) is 26.8 Å². The normalized spacial score (nSPS) is 28.3. The van der Waals surface area contributed by atoms with Gasteiger partial charge in [0.2, 0.25) is 0 Å². The van der Waals surface area contributed by atoms with E-state index < -0.39 is 105 Å². The second-order valence-corrected chi connectivity index (χ2v) is 15.4. The third kappa shape index (κ3) is 14.8. The average molecular weight is 775 g/mol. The van der Waals surface area contributed by atoms with Crippen LogP contribution >= 0.6 is 0 Å². The van der Waals surface area contributed by atoms with Gasteiger partial charge in [0, 0.05) is 23.3 Å². The third-order valence-electron chi connectivity index (χ3n) is 10.3. The molecule has 0 aromatic rings. The van der Waals surface area contributed by atoms with E-state index in [-0.39, 0.29) is 17.4 Å². The summed E-state index contributed by atoms with van der Waals surface area (Å²) in [6, 6.07) is 0. The maximum absolute atomic E-state index is 12.6. The summed E-state index contributed by atoms with van der Waals surface area (Å²) in [6.07, 6.45) is -5.59. The van der Waals surface area contributed by atoms with Gasteiger partial charge in [0.05, 0.1) is 38.1 Å². The monoisotopic (exact) mass is 774 g/mol. The maximum Gasteiger partial charge on any atom is 0.333 e. The number of ether oxygens (including phenoxy) is 3. The molecule has 1 saturated heterocycles. The van der Waals surface area contributed by atoms with Crippen LogP contribution in [0.5, 0.6) is 0 Å². The number of carbonyl (C=O) groups is 1. The van der Waals surface area contributed by atoms with Crippen molar-refractivity contribution in [1.29, 1.82) is 0 Å². The lowest BCUT2D eigenvalue weighted by atomic mass is 9.87. The van der Waals surface area contributed by atoms with Gasteiger partial charge in [-0.25, -0.2) is 4.79 Å². The van der Waals surface area contributed by atoms with Crippen LogP contribution in [0, 0.1) is 29.6 Å². The maximum atomic E-state index is 12.6. The van der Waals surface area contributed by atoms with Crippen LogP contribution in [0.25, 0.3) is 0 Å². The molecule has 314 valence electrons. The van der Waals surface area contributed by atoms with E-state index in [0.717, 1.165) is 18.4 Å². The zero-order valence-corrected chi connectivity index (χ0v) is 33.7. The summed E-state index contributed by atoms with van der Waals surface area (Å²) in [4.78, 5) is 12.6. The minimum absolute atomic E-state index is 0.0819. The molecule has 8 unspecified atom stereocenters. The predicted molar refractivity (Wildman–Crippen MR) is 202 cm³/mol. The van der Waals surface area contributed by atoms with Crippen LogP contribution in [0.2, 0.25) is 0 Å². The highest BCUT2D eigenvalue weighted by Crippen LogP contribution is 2.30. The number of esters is 1. The van der Waals surface area contributed by atoms with E-state index in [0.29, 0.717) is 17.1 Å². The number of hydrogen-bond donors (Lipinski definition) is 10. The summed E-state index contributed by atoms with van der Waals surface area (Å²) in [5, 5.41) is 102. The second-order valence-electron chi connectivity index (χ2n) is 15.4. The molecule has 1 rings (SSSR count). The van der Waals surface area contributed by atoms with Crippen molar-refractivity contribution in [2.75, 3.05) is 19.8 Å². The molecule has 1 aliphatic heterocycles. The standard InChI is InChI=1S/C40H70O14/c1-11-20(2)12-21(3)13-26(8)38(54-40-37(50)36(49)35(48)31(19-43)53-40)27(9)15-24(6)32(45)22(4)14-23(5)33(46)25(7)16-28(10)39(51)52-30(18-42)34(47)29(44)17-41/h13-16,20-22,25,27,29-38,40-50H,11-12,17-19H2,1-10H3/b23-14+,24-15+,26-13+,28-16+/t20?,21?,22?,25?,27?,29-,30-,31-,32?,33?,34-,35-,36+,37+,38?,40+/m1/s1. The van der Waals surface area contributed by atoms with E-state index in [1.54, 1.807) is 33.8 Å². The Labute approximate surface area is 321 Å². The predicted octanol–water partition coefficient (Wildman–Crippen LogP) is 1.28. The average Bonchev–Trinajstić information content (AvgIpc) is 3.13. The Kier molecular flexibility index (Phi) is 22.1. The van der Waals surface area contributed by atoms with Gasteiger partial charge in [-0.2, -0.15) is 0 Å². The first-order valence-electron chi connectivity index (χ1n) is 19.0. The number of rotatable bonds is 22. The van der Waals surface area contributed by atoms with E-state index >= 15 is 0 Å². The summed E-state index contributed by atoms with van der Waals surface area (Å²) < 4.78 is 17.1. The van der Waals surface area contributed by atoms with Crippen molar-refractivity contribution >= 4 is 5.97 Å². The SMILES string of the molecule is CCC(C)CC(C)/C=C(\C)C(O[C@@H]1O[C@H](CO)[C@@H](O)[C@H](O)[C@@H]1O)C(C)/C=C(\C)C(O)C(C)/C=C(\C)C(O)C(C)/C=C(\C)C(=O)O[C@H](CO)[C@H](O)[C@H](O)CO. The Hall–Kier alpha value is -2.05. The Balaban J connectivity index is 3.23. The highest BCUT2D eigenvalue weighted by Gasteiger charge is 2.45. The highest BCUT2D eigenvalue weighted by atomic mass is 16.7. The number of allylic oxidation sites excluding steroid dienone is 1. The van der Waals surface area contributed by atoms with Gasteiger partial charge in [-0.05, 0) is 62.7 Å². The first-order valence-corrected chi connectivity index (χ1v) is 19.0. The van der Waals surface area contributed by atoms with Gasteiger partial charge in [-0.1, -0.05) is 72.3 Å². The molecule has 1 heterocycles. The highest BCUT2D eigenvalue weighted by molar-refractivity contribution is 5.88. The van der Waals surface area contributed by atoms with Gasteiger partial charge in [0.1, 0.15) is 36.6 Å². The van der Waals surface area contributed by atoms with Crippen molar-refractivity contribution in [3.05, 3.63) is 46.6 Å². The Morgan fingerprint density at radius 1 is 0.722 bits per heavy atom. The molecule has 54 heavy (non-hydrogen) atoms. The largest absolute Gasteiger partial charge is 0.454 e. The summed E-state index contributed by atoms with van der Waals surface area (Å²) in [5.41, 5.74) is 2.06. The second kappa shape index (κ2) is 23.9. The lowest BCUT2D eigenvalue weighted by Crippen LogP contribution is -2.60. The minimum atomic E-state index is -1.71. The summed E-state index contributed by atoms with van der Waals surface area (Å²) in [6.45, 7) is 16.4. The molecular formula is C40H70O14. The Morgan fingerprint density at radius 2 is 1.26 bits per heavy atom. The van der Waals surface area contributed by atoms with Crippen LogP contribution in [-0.2, 0) is 19.0 Å². The number of hydrogen-bond acceptors (Lipinski definition) is 14. The van der Waals surface area contributed by atoms with Crippen LogP contribution in [0.4, 0.5) is 0 Å². The van der Waals surface area contributed by atoms with Crippen molar-refractivity contribution in [1.82, 2.24) is 0 Å². The first-order chi connectivity index (χ1) is 25.1. The molecule has 0 aromatic carbocycles. The molecule has 0 radical (unpaired) electrons. The topological polar surface area (TPSA) is 247 Å². The Bertz CT molecular complexity index is 1250. The third-order valence-corrected chi connectivity index (χ3v) is 10.3. The number of aliphatic hydroxyl groups excluding tert-OH is 10. The smallest absolute Gasteiger partial charge is 0.333 e. The molecular weight excluding hydrogens is 704 g/mol. The zero-order valence-electron chi connectivity index (χ0n) is 33.7. The van der Waals surface area contributed by atoms with Crippen molar-refractivity contribution in [2.45, 2.75) is 149 Å². The number of aliphatic hydroxyl groups is 10. The molecule has 1 fully saturated rings. The van der Waals surface area contributed by atoms with Crippen molar-refractivity contribution in [3.8, 4) is 0 Å². The van der Waals surface area contributed by atoms with Crippen LogP contribution in [0.3, 0.4) is 0 Å². The molecule has 0 amide bonds. The lowest BCUT2D eigenvalue weighted by molar-refractivity contribution is -0.310. The Morgan fingerprint density at radius 3 is 1.76 bits per heavy atom. The van der Waals surface area contributed by atoms with Gasteiger partial charge >= 0.3 is 5.97 Å². The summed E-state index contributed by atoms with van der Waals surface area (Å²) in [7, 11) is 0. The van der Waals surface area contributed by atoms with E-state index in [1.165, 1.54) is 13.0 Å². The summed E-state index contributed by atoms with van der Waals surface area (Å²) in [5.74, 6) is -1.63.